The zero-order chi connectivity index (χ0) is 19.7. The number of hydrogen-bond acceptors (Lipinski definition) is 3. The Morgan fingerprint density at radius 3 is 2.64 bits per heavy atom. The molecule has 2 aliphatic rings. The van der Waals surface area contributed by atoms with Crippen molar-refractivity contribution in [3.05, 3.63) is 83.3 Å². The van der Waals surface area contributed by atoms with Gasteiger partial charge in [-0.15, -0.1) is 0 Å². The van der Waals surface area contributed by atoms with Crippen molar-refractivity contribution in [3.8, 4) is 0 Å². The van der Waals surface area contributed by atoms with Crippen LogP contribution in [0, 0.1) is 5.82 Å². The minimum Gasteiger partial charge on any atom is -0.400 e. The van der Waals surface area contributed by atoms with Gasteiger partial charge in [-0.05, 0) is 48.1 Å². The molecule has 4 nitrogen and oxygen atoms in total. The van der Waals surface area contributed by atoms with Crippen LogP contribution in [0.15, 0.2) is 60.8 Å². The van der Waals surface area contributed by atoms with E-state index in [1.54, 1.807) is 12.1 Å². The molecule has 4 rings (SSSR count). The standard InChI is InChI=1S/C23H25FN2O2/c1-15(25)21-11-10-19(28-21)14-22(27)26-13-12-16-4-2-3-5-20(16)23(26)17-6-8-18(24)9-7-17/h2-9,19,21,23H,1,10-14,25H2/t19-,21+,23-/m0/s1. The van der Waals surface area contributed by atoms with Crippen LogP contribution in [0.5, 0.6) is 0 Å². The first-order valence-electron chi connectivity index (χ1n) is 9.75. The summed E-state index contributed by atoms with van der Waals surface area (Å²) < 4.78 is 19.4. The second kappa shape index (κ2) is 7.76. The summed E-state index contributed by atoms with van der Waals surface area (Å²) in [6.45, 7) is 4.39. The number of benzene rings is 2. The van der Waals surface area contributed by atoms with Gasteiger partial charge in [-0.2, -0.15) is 0 Å². The summed E-state index contributed by atoms with van der Waals surface area (Å²) in [4.78, 5) is 15.1. The third kappa shape index (κ3) is 3.67. The molecule has 1 fully saturated rings. The highest BCUT2D eigenvalue weighted by molar-refractivity contribution is 5.78. The third-order valence-corrected chi connectivity index (χ3v) is 5.71. The summed E-state index contributed by atoms with van der Waals surface area (Å²) >= 11 is 0. The van der Waals surface area contributed by atoms with E-state index in [0.29, 0.717) is 18.7 Å². The Kier molecular flexibility index (Phi) is 5.18. The topological polar surface area (TPSA) is 55.6 Å². The Bertz CT molecular complexity index is 880. The molecule has 2 aromatic rings. The quantitative estimate of drug-likeness (QED) is 0.880. The molecule has 2 N–H and O–H groups in total. The van der Waals surface area contributed by atoms with E-state index in [4.69, 9.17) is 10.5 Å². The van der Waals surface area contributed by atoms with Crippen LogP contribution in [0.25, 0.3) is 0 Å². The largest absolute Gasteiger partial charge is 0.400 e. The van der Waals surface area contributed by atoms with Crippen LogP contribution in [0.1, 0.15) is 42.0 Å². The van der Waals surface area contributed by atoms with Crippen LogP contribution < -0.4 is 5.73 Å². The highest BCUT2D eigenvalue weighted by Gasteiger charge is 2.35. The fourth-order valence-electron chi connectivity index (χ4n) is 4.28. The number of fused-ring (bicyclic) bond motifs is 1. The molecule has 1 amide bonds. The van der Waals surface area contributed by atoms with Crippen molar-refractivity contribution in [2.45, 2.75) is 43.9 Å². The van der Waals surface area contributed by atoms with Crippen LogP contribution in [0.4, 0.5) is 4.39 Å². The van der Waals surface area contributed by atoms with E-state index in [-0.39, 0.29) is 30.0 Å². The number of carbonyl (C=O) groups excluding carboxylic acids is 1. The normalized spacial score (nSPS) is 24.0. The van der Waals surface area contributed by atoms with Crippen molar-refractivity contribution in [1.82, 2.24) is 4.90 Å². The van der Waals surface area contributed by atoms with E-state index in [9.17, 15) is 9.18 Å². The Labute approximate surface area is 164 Å². The minimum atomic E-state index is -0.280. The number of nitrogens with zero attached hydrogens (tertiary/aromatic N) is 1. The molecule has 2 heterocycles. The summed E-state index contributed by atoms with van der Waals surface area (Å²) in [5, 5.41) is 0. The lowest BCUT2D eigenvalue weighted by Crippen LogP contribution is -2.41. The smallest absolute Gasteiger partial charge is 0.225 e. The van der Waals surface area contributed by atoms with Gasteiger partial charge in [-0.1, -0.05) is 43.0 Å². The molecule has 2 aliphatic heterocycles. The molecule has 28 heavy (non-hydrogen) atoms. The van der Waals surface area contributed by atoms with Crippen molar-refractivity contribution < 1.29 is 13.9 Å². The van der Waals surface area contributed by atoms with Crippen molar-refractivity contribution in [3.63, 3.8) is 0 Å². The number of halogens is 1. The first-order chi connectivity index (χ1) is 13.5. The molecule has 0 radical (unpaired) electrons. The van der Waals surface area contributed by atoms with Gasteiger partial charge in [0.1, 0.15) is 5.82 Å². The van der Waals surface area contributed by atoms with Crippen LogP contribution in [-0.2, 0) is 16.0 Å². The summed E-state index contributed by atoms with van der Waals surface area (Å²) in [6.07, 6.45) is 2.45. The molecule has 1 saturated heterocycles. The zero-order valence-corrected chi connectivity index (χ0v) is 15.8. The Balaban J connectivity index is 1.59. The monoisotopic (exact) mass is 380 g/mol. The molecule has 2 aromatic carbocycles. The van der Waals surface area contributed by atoms with Gasteiger partial charge in [0.15, 0.2) is 0 Å². The average molecular weight is 380 g/mol. The number of rotatable bonds is 4. The number of amides is 1. The van der Waals surface area contributed by atoms with E-state index in [2.05, 4.69) is 18.7 Å². The summed E-state index contributed by atoms with van der Waals surface area (Å²) in [5.41, 5.74) is 9.53. The van der Waals surface area contributed by atoms with Gasteiger partial charge in [-0.25, -0.2) is 4.39 Å². The highest BCUT2D eigenvalue weighted by atomic mass is 19.1. The van der Waals surface area contributed by atoms with Crippen LogP contribution in [-0.4, -0.2) is 29.6 Å². The average Bonchev–Trinajstić information content (AvgIpc) is 3.16. The zero-order valence-electron chi connectivity index (χ0n) is 15.8. The van der Waals surface area contributed by atoms with Crippen molar-refractivity contribution in [2.24, 2.45) is 5.73 Å². The second-order valence-corrected chi connectivity index (χ2v) is 7.59. The number of hydrogen-bond donors (Lipinski definition) is 1. The van der Waals surface area contributed by atoms with Gasteiger partial charge in [0.25, 0.3) is 0 Å². The first-order valence-corrected chi connectivity index (χ1v) is 9.75. The van der Waals surface area contributed by atoms with Gasteiger partial charge < -0.3 is 15.4 Å². The molecule has 0 bridgehead atoms. The summed E-state index contributed by atoms with van der Waals surface area (Å²) in [5.74, 6) is -0.227. The van der Waals surface area contributed by atoms with Gasteiger partial charge in [0.05, 0.1) is 24.7 Å². The number of ether oxygens (including phenoxy) is 1. The fraction of sp³-hybridized carbons (Fsp3) is 0.348. The molecular formula is C23H25FN2O2. The maximum atomic E-state index is 13.5. The lowest BCUT2D eigenvalue weighted by Gasteiger charge is -2.38. The second-order valence-electron chi connectivity index (χ2n) is 7.59. The lowest BCUT2D eigenvalue weighted by molar-refractivity contribution is -0.136. The lowest BCUT2D eigenvalue weighted by atomic mass is 9.88. The molecule has 0 unspecified atom stereocenters. The van der Waals surface area contributed by atoms with E-state index in [0.717, 1.165) is 30.4 Å². The maximum Gasteiger partial charge on any atom is 0.225 e. The Hall–Kier alpha value is -2.66. The molecule has 0 aliphatic carbocycles. The number of nitrogens with two attached hydrogens (primary N) is 1. The summed E-state index contributed by atoms with van der Waals surface area (Å²) in [6, 6.07) is 14.4. The van der Waals surface area contributed by atoms with E-state index < -0.39 is 0 Å². The molecule has 0 saturated carbocycles. The van der Waals surface area contributed by atoms with Crippen LogP contribution in [0.2, 0.25) is 0 Å². The minimum absolute atomic E-state index is 0.0529. The molecule has 3 atom stereocenters. The first kappa shape index (κ1) is 18.7. The molecule has 0 aromatic heterocycles. The maximum absolute atomic E-state index is 13.5. The SMILES string of the molecule is C=C(N)[C@H]1CC[C@@H](CC(=O)N2CCc3ccccc3[C@@H]2c2ccc(F)cc2)O1. The molecular weight excluding hydrogens is 355 g/mol. The Morgan fingerprint density at radius 2 is 1.93 bits per heavy atom. The van der Waals surface area contributed by atoms with Crippen molar-refractivity contribution in [2.75, 3.05) is 6.54 Å². The predicted octanol–water partition coefficient (Wildman–Crippen LogP) is 3.71. The Morgan fingerprint density at radius 1 is 1.18 bits per heavy atom. The van der Waals surface area contributed by atoms with Crippen molar-refractivity contribution >= 4 is 5.91 Å². The molecule has 0 spiro atoms. The highest BCUT2D eigenvalue weighted by Crippen LogP contribution is 2.36. The van der Waals surface area contributed by atoms with E-state index in [1.807, 2.05) is 17.0 Å². The van der Waals surface area contributed by atoms with Crippen LogP contribution in [0.3, 0.4) is 0 Å². The van der Waals surface area contributed by atoms with Gasteiger partial charge >= 0.3 is 0 Å². The summed E-state index contributed by atoms with van der Waals surface area (Å²) in [7, 11) is 0. The third-order valence-electron chi connectivity index (χ3n) is 5.71. The van der Waals surface area contributed by atoms with Crippen molar-refractivity contribution in [1.29, 1.82) is 0 Å². The number of carbonyl (C=O) groups is 1. The van der Waals surface area contributed by atoms with E-state index >= 15 is 0 Å². The van der Waals surface area contributed by atoms with E-state index in [1.165, 1.54) is 17.7 Å². The van der Waals surface area contributed by atoms with Gasteiger partial charge in [-0.3, -0.25) is 4.79 Å². The van der Waals surface area contributed by atoms with Gasteiger partial charge in [0, 0.05) is 12.2 Å². The fourth-order valence-corrected chi connectivity index (χ4v) is 4.28. The molecule has 146 valence electrons. The van der Waals surface area contributed by atoms with Crippen LogP contribution >= 0.6 is 0 Å². The predicted molar refractivity (Wildman–Crippen MR) is 106 cm³/mol. The van der Waals surface area contributed by atoms with Gasteiger partial charge in [0.2, 0.25) is 5.91 Å². The molecule has 5 heteroatoms.